The van der Waals surface area contributed by atoms with Crippen molar-refractivity contribution >= 4 is 40.7 Å². The van der Waals surface area contributed by atoms with Crippen LogP contribution in [0.15, 0.2) is 91.0 Å². The number of methoxy groups -OCH3 is 2. The van der Waals surface area contributed by atoms with Gasteiger partial charge in [0, 0.05) is 38.9 Å². The number of nitrogens with zero attached hydrogens (tertiary/aromatic N) is 1. The van der Waals surface area contributed by atoms with Crippen molar-refractivity contribution in [3.63, 3.8) is 0 Å². The molecule has 0 radical (unpaired) electrons. The fraction of sp³-hybridized carbons (Fsp3) is 0.194. The molecule has 214 valence electrons. The molecule has 4 aromatic carbocycles. The van der Waals surface area contributed by atoms with Crippen LogP contribution in [0.2, 0.25) is 5.02 Å². The van der Waals surface area contributed by atoms with Crippen LogP contribution in [0.3, 0.4) is 0 Å². The van der Waals surface area contributed by atoms with Crippen molar-refractivity contribution in [2.75, 3.05) is 19.1 Å². The van der Waals surface area contributed by atoms with Crippen molar-refractivity contribution in [1.82, 2.24) is 0 Å². The van der Waals surface area contributed by atoms with Crippen LogP contribution in [0, 0.1) is 12.3 Å². The number of ketones is 3. The highest BCUT2D eigenvalue weighted by atomic mass is 35.5. The van der Waals surface area contributed by atoms with Gasteiger partial charge in [0.05, 0.1) is 20.3 Å². The maximum Gasteiger partial charge on any atom is 0.185 e. The summed E-state index contributed by atoms with van der Waals surface area (Å²) in [5, 5.41) is 0.502. The van der Waals surface area contributed by atoms with E-state index in [1.165, 1.54) is 14.2 Å². The number of rotatable bonds is 5. The quantitative estimate of drug-likeness (QED) is 0.185. The lowest BCUT2D eigenvalue weighted by molar-refractivity contribution is 0.0664. The molecule has 6 nitrogen and oxygen atoms in total. The van der Waals surface area contributed by atoms with E-state index in [1.807, 2.05) is 48.2 Å². The van der Waals surface area contributed by atoms with E-state index in [1.54, 1.807) is 60.7 Å². The van der Waals surface area contributed by atoms with Crippen molar-refractivity contribution < 1.29 is 23.9 Å². The van der Waals surface area contributed by atoms with E-state index >= 15 is 0 Å². The van der Waals surface area contributed by atoms with Crippen molar-refractivity contribution in [2.24, 2.45) is 5.41 Å². The van der Waals surface area contributed by atoms with Gasteiger partial charge in [-0.15, -0.1) is 0 Å². The predicted molar refractivity (Wildman–Crippen MR) is 166 cm³/mol. The molecule has 1 unspecified atom stereocenters. The van der Waals surface area contributed by atoms with E-state index in [0.29, 0.717) is 38.8 Å². The summed E-state index contributed by atoms with van der Waals surface area (Å²) in [5.74, 6) is -0.927. The first-order valence-corrected chi connectivity index (χ1v) is 14.5. The smallest absolute Gasteiger partial charge is 0.185 e. The van der Waals surface area contributed by atoms with E-state index in [0.717, 1.165) is 16.8 Å². The summed E-state index contributed by atoms with van der Waals surface area (Å²) in [6.07, 6.45) is 3.88. The molecule has 0 saturated carbocycles. The van der Waals surface area contributed by atoms with Crippen LogP contribution in [0.25, 0.3) is 6.08 Å². The number of carbonyl (C=O) groups is 3. The van der Waals surface area contributed by atoms with E-state index in [4.69, 9.17) is 21.1 Å². The number of para-hydroxylation sites is 1. The first-order valence-electron chi connectivity index (χ1n) is 14.1. The Morgan fingerprint density at radius 3 is 2.21 bits per heavy atom. The number of benzene rings is 4. The molecule has 1 saturated heterocycles. The molecule has 1 fully saturated rings. The van der Waals surface area contributed by atoms with Crippen LogP contribution in [0.5, 0.6) is 11.5 Å². The Bertz CT molecular complexity index is 1830. The van der Waals surface area contributed by atoms with Crippen LogP contribution < -0.4 is 14.4 Å². The molecule has 43 heavy (non-hydrogen) atoms. The Morgan fingerprint density at radius 2 is 1.56 bits per heavy atom. The minimum Gasteiger partial charge on any atom is -0.493 e. The van der Waals surface area contributed by atoms with E-state index < -0.39 is 23.4 Å². The van der Waals surface area contributed by atoms with Gasteiger partial charge in [-0.2, -0.15) is 0 Å². The monoisotopic (exact) mass is 589 g/mol. The van der Waals surface area contributed by atoms with Crippen LogP contribution in [0.1, 0.15) is 53.7 Å². The van der Waals surface area contributed by atoms with Gasteiger partial charge in [-0.05, 0) is 55.0 Å². The summed E-state index contributed by atoms with van der Waals surface area (Å²) >= 11 is 6.20. The van der Waals surface area contributed by atoms with Crippen LogP contribution in [0.4, 0.5) is 5.69 Å². The first kappa shape index (κ1) is 27.2. The normalized spacial score (nSPS) is 21.0. The zero-order valence-corrected chi connectivity index (χ0v) is 24.6. The highest BCUT2D eigenvalue weighted by Crippen LogP contribution is 2.62. The van der Waals surface area contributed by atoms with Gasteiger partial charge in [0.2, 0.25) is 0 Å². The van der Waals surface area contributed by atoms with Crippen LogP contribution >= 0.6 is 11.6 Å². The van der Waals surface area contributed by atoms with Gasteiger partial charge in [-0.25, -0.2) is 0 Å². The van der Waals surface area contributed by atoms with Gasteiger partial charge < -0.3 is 14.4 Å². The van der Waals surface area contributed by atoms with Gasteiger partial charge in [-0.1, -0.05) is 71.8 Å². The fourth-order valence-electron chi connectivity index (χ4n) is 7.38. The van der Waals surface area contributed by atoms with E-state index in [9.17, 15) is 14.4 Å². The highest BCUT2D eigenvalue weighted by molar-refractivity contribution is 6.32. The van der Waals surface area contributed by atoms with E-state index in [2.05, 4.69) is 0 Å². The number of carbonyl (C=O) groups excluding carboxylic acids is 3. The average molecular weight is 590 g/mol. The lowest BCUT2D eigenvalue weighted by atomic mass is 9.64. The van der Waals surface area contributed by atoms with Gasteiger partial charge >= 0.3 is 0 Å². The molecule has 7 heteroatoms. The molecular weight excluding hydrogens is 562 g/mol. The Kier molecular flexibility index (Phi) is 6.29. The molecule has 0 bridgehead atoms. The maximum absolute atomic E-state index is 14.9. The van der Waals surface area contributed by atoms with Gasteiger partial charge in [0.15, 0.2) is 28.8 Å². The lowest BCUT2D eigenvalue weighted by Gasteiger charge is -2.37. The fourth-order valence-corrected chi connectivity index (χ4v) is 7.51. The Hall–Kier alpha value is -4.68. The van der Waals surface area contributed by atoms with Crippen LogP contribution in [-0.4, -0.2) is 43.7 Å². The van der Waals surface area contributed by atoms with Gasteiger partial charge in [0.1, 0.15) is 11.5 Å². The summed E-state index contributed by atoms with van der Waals surface area (Å²) < 4.78 is 11.6. The second-order valence-electron chi connectivity index (χ2n) is 11.2. The lowest BCUT2D eigenvalue weighted by Crippen LogP contribution is -2.48. The first-order chi connectivity index (χ1) is 20.8. The number of fused-ring (bicyclic) bond motifs is 5. The topological polar surface area (TPSA) is 72.9 Å². The molecule has 0 N–H and O–H groups in total. The third kappa shape index (κ3) is 3.69. The van der Waals surface area contributed by atoms with Crippen molar-refractivity contribution in [1.29, 1.82) is 0 Å². The molecule has 7 rings (SSSR count). The summed E-state index contributed by atoms with van der Waals surface area (Å²) in [6.45, 7) is 2.01. The second kappa shape index (κ2) is 9.96. The SMILES string of the molecule is COc1cccc([C@H]2[C@H](C(=O)c3ccc(Cl)cc3)N3c4ccc(C)cc4C=CC3C23C(=O)c2ccccc2C3=O)c1OC. The number of aryl methyl sites for hydroxylation is 1. The summed E-state index contributed by atoms with van der Waals surface area (Å²) in [7, 11) is 3.06. The number of anilines is 1. The molecule has 3 aliphatic rings. The van der Waals surface area contributed by atoms with E-state index in [-0.39, 0.29) is 17.3 Å². The third-order valence-electron chi connectivity index (χ3n) is 9.13. The molecule has 0 aromatic heterocycles. The maximum atomic E-state index is 14.9. The van der Waals surface area contributed by atoms with Crippen molar-refractivity contribution in [3.05, 3.63) is 129 Å². The number of Topliss-reactive ketones (excluding diaryl/α,β-unsaturated/α-hetero) is 3. The zero-order chi connectivity index (χ0) is 30.0. The average Bonchev–Trinajstić information content (AvgIpc) is 3.46. The minimum absolute atomic E-state index is 0.230. The summed E-state index contributed by atoms with van der Waals surface area (Å²) in [5.41, 5.74) is 2.82. The predicted octanol–water partition coefficient (Wildman–Crippen LogP) is 6.98. The summed E-state index contributed by atoms with van der Waals surface area (Å²) in [4.78, 5) is 46.5. The number of halogens is 1. The van der Waals surface area contributed by atoms with Gasteiger partial charge in [-0.3, -0.25) is 14.4 Å². The van der Waals surface area contributed by atoms with Gasteiger partial charge in [0.25, 0.3) is 0 Å². The van der Waals surface area contributed by atoms with Crippen LogP contribution in [-0.2, 0) is 0 Å². The molecule has 2 heterocycles. The highest BCUT2D eigenvalue weighted by Gasteiger charge is 2.72. The van der Waals surface area contributed by atoms with Crippen molar-refractivity contribution in [2.45, 2.75) is 24.9 Å². The molecule has 3 atom stereocenters. The Balaban J connectivity index is 1.58. The minimum atomic E-state index is -1.64. The molecular formula is C36H28ClNO5. The molecule has 1 spiro atoms. The molecule has 0 amide bonds. The largest absolute Gasteiger partial charge is 0.493 e. The molecule has 2 aliphatic heterocycles. The van der Waals surface area contributed by atoms with Crippen molar-refractivity contribution in [3.8, 4) is 11.5 Å². The standard InChI is InChI=1S/C36H28ClNO5/c1-20-11-17-27-22(19-20)14-18-29-36(34(40)24-7-4-5-8-25(24)35(36)41)30(26-9-6-10-28(42-2)33(26)43-3)31(38(27)29)32(39)21-12-15-23(37)16-13-21/h4-19,29-31H,1-3H3/t29?,30-,31+/m0/s1. The molecule has 4 aromatic rings. The molecule has 1 aliphatic carbocycles. The second-order valence-corrected chi connectivity index (χ2v) is 11.7. The zero-order valence-electron chi connectivity index (χ0n) is 23.8. The summed E-state index contributed by atoms with van der Waals surface area (Å²) in [6, 6.07) is 23.4. The number of hydrogen-bond donors (Lipinski definition) is 0. The number of hydrogen-bond acceptors (Lipinski definition) is 6. The Labute approximate surface area is 254 Å². The third-order valence-corrected chi connectivity index (χ3v) is 9.38. The number of ether oxygens (including phenoxy) is 2. The Morgan fingerprint density at radius 1 is 0.860 bits per heavy atom.